The predicted molar refractivity (Wildman–Crippen MR) is 74.9 cm³/mol. The van der Waals surface area contributed by atoms with E-state index in [0.717, 1.165) is 0 Å². The van der Waals surface area contributed by atoms with E-state index in [1.165, 1.54) is 6.20 Å². The van der Waals surface area contributed by atoms with Crippen LogP contribution in [-0.4, -0.2) is 40.7 Å². The highest BCUT2D eigenvalue weighted by atomic mass is 16.7. The van der Waals surface area contributed by atoms with Crippen LogP contribution in [-0.2, 0) is 21.1 Å². The average Bonchev–Trinajstić information content (AvgIpc) is 2.78. The fourth-order valence-electron chi connectivity index (χ4n) is 2.05. The molecule has 0 aromatic carbocycles. The lowest BCUT2D eigenvalue weighted by Crippen LogP contribution is -2.42. The Labute approximate surface area is 119 Å². The summed E-state index contributed by atoms with van der Waals surface area (Å²) in [7, 11) is 1.12. The van der Waals surface area contributed by atoms with Crippen LogP contribution in [0.15, 0.2) is 6.20 Å². The molecule has 2 heterocycles. The average molecular weight is 280 g/mol. The molecule has 1 fully saturated rings. The Morgan fingerprint density at radius 1 is 1.35 bits per heavy atom. The SMILES string of the molecule is CCOC(=O)c1cnn(C)c1B1OC(C)(C)C(C)(C)O1. The lowest BCUT2D eigenvalue weighted by Gasteiger charge is -2.32. The first kappa shape index (κ1) is 15.1. The van der Waals surface area contributed by atoms with Crippen LogP contribution in [0.3, 0.4) is 0 Å². The summed E-state index contributed by atoms with van der Waals surface area (Å²) in [4.78, 5) is 12.0. The van der Waals surface area contributed by atoms with Gasteiger partial charge in [-0.05, 0) is 34.6 Å². The maximum atomic E-state index is 12.0. The van der Waals surface area contributed by atoms with Crippen molar-refractivity contribution in [1.29, 1.82) is 0 Å². The van der Waals surface area contributed by atoms with Gasteiger partial charge in [0.1, 0.15) is 0 Å². The number of aromatic nitrogens is 2. The number of ether oxygens (including phenoxy) is 1. The Hall–Kier alpha value is -1.34. The molecule has 0 spiro atoms. The second-order valence-electron chi connectivity index (χ2n) is 5.88. The summed E-state index contributed by atoms with van der Waals surface area (Å²) in [6, 6.07) is 0. The van der Waals surface area contributed by atoms with E-state index in [1.54, 1.807) is 18.7 Å². The highest BCUT2D eigenvalue weighted by molar-refractivity contribution is 6.62. The van der Waals surface area contributed by atoms with Gasteiger partial charge in [0.25, 0.3) is 0 Å². The number of esters is 1. The molecule has 0 saturated carbocycles. The molecule has 0 unspecified atom stereocenters. The second-order valence-corrected chi connectivity index (χ2v) is 5.88. The molecule has 6 nitrogen and oxygen atoms in total. The van der Waals surface area contributed by atoms with E-state index in [4.69, 9.17) is 14.0 Å². The number of hydrogen-bond donors (Lipinski definition) is 0. The van der Waals surface area contributed by atoms with Crippen LogP contribution in [0.1, 0.15) is 45.0 Å². The molecule has 0 N–H and O–H groups in total. The van der Waals surface area contributed by atoms with E-state index in [-0.39, 0.29) is 0 Å². The maximum Gasteiger partial charge on any atom is 0.515 e. The van der Waals surface area contributed by atoms with Gasteiger partial charge in [-0.25, -0.2) is 4.79 Å². The first-order chi connectivity index (χ1) is 9.19. The molecule has 0 amide bonds. The summed E-state index contributed by atoms with van der Waals surface area (Å²) >= 11 is 0. The quantitative estimate of drug-likeness (QED) is 0.608. The number of aryl methyl sites for hydroxylation is 1. The van der Waals surface area contributed by atoms with Gasteiger partial charge in [-0.3, -0.25) is 4.68 Å². The molecule has 0 bridgehead atoms. The summed E-state index contributed by atoms with van der Waals surface area (Å²) < 4.78 is 18.6. The van der Waals surface area contributed by atoms with Crippen molar-refractivity contribution in [2.75, 3.05) is 6.61 Å². The topological polar surface area (TPSA) is 62.6 Å². The molecule has 110 valence electrons. The van der Waals surface area contributed by atoms with Gasteiger partial charge in [-0.1, -0.05) is 0 Å². The fraction of sp³-hybridized carbons (Fsp3) is 0.692. The number of carbonyl (C=O) groups is 1. The fourth-order valence-corrected chi connectivity index (χ4v) is 2.05. The molecular formula is C13H21BN2O4. The van der Waals surface area contributed by atoms with Crippen LogP contribution in [0.25, 0.3) is 0 Å². The van der Waals surface area contributed by atoms with Crippen molar-refractivity contribution in [2.24, 2.45) is 7.05 Å². The molecule has 1 aromatic rings. The van der Waals surface area contributed by atoms with Crippen molar-refractivity contribution in [3.8, 4) is 0 Å². The summed E-state index contributed by atoms with van der Waals surface area (Å²) in [5.74, 6) is -0.412. The molecule has 2 rings (SSSR count). The van der Waals surface area contributed by atoms with Gasteiger partial charge in [-0.2, -0.15) is 5.10 Å². The van der Waals surface area contributed by atoms with Crippen molar-refractivity contribution < 1.29 is 18.8 Å². The number of hydrogen-bond acceptors (Lipinski definition) is 5. The van der Waals surface area contributed by atoms with Crippen molar-refractivity contribution in [3.63, 3.8) is 0 Å². The standard InChI is InChI=1S/C13H21BN2O4/c1-7-18-11(17)9-8-15-16(6)10(9)14-19-12(2,3)13(4,5)20-14/h8H,7H2,1-6H3. The molecule has 0 aliphatic carbocycles. The normalized spacial score (nSPS) is 20.2. The molecule has 1 aliphatic heterocycles. The lowest BCUT2D eigenvalue weighted by molar-refractivity contribution is 0.00578. The van der Waals surface area contributed by atoms with Crippen LogP contribution in [0, 0.1) is 0 Å². The zero-order valence-corrected chi connectivity index (χ0v) is 12.9. The Bertz CT molecular complexity index is 508. The summed E-state index contributed by atoms with van der Waals surface area (Å²) in [6.45, 7) is 9.95. The van der Waals surface area contributed by atoms with Gasteiger partial charge in [0, 0.05) is 7.05 Å². The van der Waals surface area contributed by atoms with Gasteiger partial charge >= 0.3 is 13.1 Å². The molecule has 7 heteroatoms. The summed E-state index contributed by atoms with van der Waals surface area (Å²) in [5, 5.41) is 4.12. The smallest absolute Gasteiger partial charge is 0.462 e. The van der Waals surface area contributed by atoms with E-state index in [0.29, 0.717) is 17.8 Å². The molecule has 1 aromatic heterocycles. The molecule has 1 aliphatic rings. The minimum Gasteiger partial charge on any atom is -0.462 e. The largest absolute Gasteiger partial charge is 0.515 e. The maximum absolute atomic E-state index is 12.0. The van der Waals surface area contributed by atoms with E-state index in [9.17, 15) is 4.79 Å². The Kier molecular flexibility index (Phi) is 3.68. The monoisotopic (exact) mass is 280 g/mol. The Balaban J connectivity index is 2.35. The van der Waals surface area contributed by atoms with Gasteiger partial charge < -0.3 is 14.0 Å². The zero-order valence-electron chi connectivity index (χ0n) is 12.9. The highest BCUT2D eigenvalue weighted by Gasteiger charge is 2.53. The predicted octanol–water partition coefficient (Wildman–Crippen LogP) is 0.896. The van der Waals surface area contributed by atoms with E-state index < -0.39 is 24.3 Å². The molecule has 0 atom stereocenters. The van der Waals surface area contributed by atoms with E-state index >= 15 is 0 Å². The van der Waals surface area contributed by atoms with Crippen LogP contribution in [0.4, 0.5) is 0 Å². The van der Waals surface area contributed by atoms with Gasteiger partial charge in [0.05, 0.1) is 35.2 Å². The van der Waals surface area contributed by atoms with Gasteiger partial charge in [0.2, 0.25) is 0 Å². The number of nitrogens with zero attached hydrogens (tertiary/aromatic N) is 2. The molecule has 1 saturated heterocycles. The van der Waals surface area contributed by atoms with Gasteiger partial charge in [-0.15, -0.1) is 0 Å². The van der Waals surface area contributed by atoms with Crippen molar-refractivity contribution >= 4 is 18.7 Å². The minimum absolute atomic E-state index is 0.316. The van der Waals surface area contributed by atoms with Crippen LogP contribution in [0.2, 0.25) is 0 Å². The van der Waals surface area contributed by atoms with E-state index in [2.05, 4.69) is 5.10 Å². The first-order valence-corrected chi connectivity index (χ1v) is 6.74. The van der Waals surface area contributed by atoms with Gasteiger partial charge in [0.15, 0.2) is 0 Å². The molecular weight excluding hydrogens is 259 g/mol. The molecule has 0 radical (unpaired) electrons. The third kappa shape index (κ3) is 2.36. The summed E-state index contributed by atoms with van der Waals surface area (Å²) in [5.41, 5.74) is 0.0387. The first-order valence-electron chi connectivity index (χ1n) is 6.74. The number of carbonyl (C=O) groups excluding carboxylic acids is 1. The minimum atomic E-state index is -0.632. The van der Waals surface area contributed by atoms with Crippen LogP contribution in [0.5, 0.6) is 0 Å². The summed E-state index contributed by atoms with van der Waals surface area (Å²) in [6.07, 6.45) is 1.48. The third-order valence-electron chi connectivity index (χ3n) is 3.96. The second kappa shape index (κ2) is 4.89. The van der Waals surface area contributed by atoms with Crippen molar-refractivity contribution in [2.45, 2.75) is 45.8 Å². The van der Waals surface area contributed by atoms with Crippen molar-refractivity contribution in [1.82, 2.24) is 9.78 Å². The van der Waals surface area contributed by atoms with Crippen LogP contribution < -0.4 is 5.59 Å². The lowest BCUT2D eigenvalue weighted by atomic mass is 9.81. The molecule has 20 heavy (non-hydrogen) atoms. The third-order valence-corrected chi connectivity index (χ3v) is 3.96. The Morgan fingerprint density at radius 2 is 1.90 bits per heavy atom. The van der Waals surface area contributed by atoms with Crippen LogP contribution >= 0.6 is 0 Å². The Morgan fingerprint density at radius 3 is 2.40 bits per heavy atom. The van der Waals surface area contributed by atoms with E-state index in [1.807, 2.05) is 27.7 Å². The number of rotatable bonds is 3. The van der Waals surface area contributed by atoms with Crippen molar-refractivity contribution in [3.05, 3.63) is 11.8 Å². The highest BCUT2D eigenvalue weighted by Crippen LogP contribution is 2.36. The zero-order chi connectivity index (χ0) is 15.1.